The molecule has 0 aromatic carbocycles. The fourth-order valence-electron chi connectivity index (χ4n) is 1.52. The Morgan fingerprint density at radius 2 is 2.28 bits per heavy atom. The van der Waals surface area contributed by atoms with Crippen molar-refractivity contribution in [2.75, 3.05) is 5.32 Å². The minimum absolute atomic E-state index is 0.0602. The van der Waals surface area contributed by atoms with Crippen LogP contribution in [0.3, 0.4) is 0 Å². The highest BCUT2D eigenvalue weighted by atomic mass is 79.9. The van der Waals surface area contributed by atoms with Gasteiger partial charge in [-0.1, -0.05) is 19.9 Å². The van der Waals surface area contributed by atoms with Crippen LogP contribution in [0, 0.1) is 0 Å². The molecule has 1 atom stereocenters. The van der Waals surface area contributed by atoms with Gasteiger partial charge in [0.05, 0.1) is 10.6 Å². The maximum absolute atomic E-state index is 5.77. The van der Waals surface area contributed by atoms with Crippen LogP contribution >= 0.6 is 27.5 Å². The van der Waals surface area contributed by atoms with Crippen LogP contribution in [-0.2, 0) is 0 Å². The molecule has 0 aliphatic heterocycles. The fourth-order valence-corrected chi connectivity index (χ4v) is 1.96. The van der Waals surface area contributed by atoms with Gasteiger partial charge in [-0.15, -0.1) is 0 Å². The van der Waals surface area contributed by atoms with E-state index in [0.717, 1.165) is 17.3 Å². The van der Waals surface area contributed by atoms with Gasteiger partial charge in [0, 0.05) is 11.9 Å². The third kappa shape index (κ3) is 4.82. The Morgan fingerprint density at radius 3 is 2.89 bits per heavy atom. The topological polar surface area (TPSA) is 49.8 Å². The van der Waals surface area contributed by atoms with Crippen molar-refractivity contribution in [1.29, 1.82) is 0 Å². The average Bonchev–Trinajstić information content (AvgIpc) is 2.33. The standard InChI is InChI=1S/C12H18BrClN4/c1-4-6-9(5-2)16-8(3)17-11-10(13)7-15-12(14)18-11/h6-8,16H,4-5H2,1-3H3,(H,15,17,18)/b9-6+. The Morgan fingerprint density at radius 1 is 1.56 bits per heavy atom. The minimum atomic E-state index is 0.0602. The third-order valence-corrected chi connectivity index (χ3v) is 3.06. The van der Waals surface area contributed by atoms with Crippen molar-refractivity contribution in [3.63, 3.8) is 0 Å². The molecule has 0 bridgehead atoms. The van der Waals surface area contributed by atoms with Crippen molar-refractivity contribution in [2.45, 2.75) is 39.8 Å². The lowest BCUT2D eigenvalue weighted by Gasteiger charge is -2.19. The Labute approximate surface area is 121 Å². The van der Waals surface area contributed by atoms with Gasteiger partial charge in [0.1, 0.15) is 5.82 Å². The lowest BCUT2D eigenvalue weighted by atomic mass is 10.2. The van der Waals surface area contributed by atoms with Crippen LogP contribution < -0.4 is 10.6 Å². The Bertz CT molecular complexity index is 423. The Hall–Kier alpha value is -0.810. The second kappa shape index (κ2) is 7.59. The summed E-state index contributed by atoms with van der Waals surface area (Å²) in [6, 6.07) is 0. The van der Waals surface area contributed by atoms with Crippen molar-refractivity contribution in [2.24, 2.45) is 0 Å². The molecule has 4 nitrogen and oxygen atoms in total. The molecule has 0 aliphatic carbocycles. The van der Waals surface area contributed by atoms with Gasteiger partial charge in [0.2, 0.25) is 5.28 Å². The molecule has 1 unspecified atom stereocenters. The monoisotopic (exact) mass is 332 g/mol. The summed E-state index contributed by atoms with van der Waals surface area (Å²) >= 11 is 9.15. The molecule has 0 aliphatic rings. The Kier molecular flexibility index (Phi) is 6.43. The van der Waals surface area contributed by atoms with Gasteiger partial charge in [-0.2, -0.15) is 4.98 Å². The molecular weight excluding hydrogens is 316 g/mol. The molecule has 0 amide bonds. The fraction of sp³-hybridized carbons (Fsp3) is 0.500. The number of allylic oxidation sites excluding steroid dienone is 2. The van der Waals surface area contributed by atoms with Gasteiger partial charge in [0.25, 0.3) is 0 Å². The molecule has 1 rings (SSSR count). The predicted molar refractivity (Wildman–Crippen MR) is 79.6 cm³/mol. The van der Waals surface area contributed by atoms with E-state index in [2.05, 4.69) is 56.5 Å². The Balaban J connectivity index is 2.66. The molecule has 2 N–H and O–H groups in total. The maximum Gasteiger partial charge on any atom is 0.224 e. The number of hydrogen-bond acceptors (Lipinski definition) is 4. The van der Waals surface area contributed by atoms with E-state index in [0.29, 0.717) is 5.82 Å². The molecule has 0 radical (unpaired) electrons. The van der Waals surface area contributed by atoms with Gasteiger partial charge >= 0.3 is 0 Å². The van der Waals surface area contributed by atoms with E-state index in [1.54, 1.807) is 6.20 Å². The van der Waals surface area contributed by atoms with Gasteiger partial charge < -0.3 is 10.6 Å². The molecule has 0 fully saturated rings. The quantitative estimate of drug-likeness (QED) is 0.611. The van der Waals surface area contributed by atoms with Crippen molar-refractivity contribution < 1.29 is 0 Å². The molecule has 18 heavy (non-hydrogen) atoms. The summed E-state index contributed by atoms with van der Waals surface area (Å²) in [6.45, 7) is 6.27. The lowest BCUT2D eigenvalue weighted by Crippen LogP contribution is -2.33. The number of rotatable bonds is 6. The van der Waals surface area contributed by atoms with Crippen LogP contribution in [0.1, 0.15) is 33.6 Å². The molecule has 0 spiro atoms. The van der Waals surface area contributed by atoms with E-state index >= 15 is 0 Å². The zero-order valence-corrected chi connectivity index (χ0v) is 13.1. The number of aromatic nitrogens is 2. The van der Waals surface area contributed by atoms with Crippen molar-refractivity contribution in [3.05, 3.63) is 27.7 Å². The van der Waals surface area contributed by atoms with E-state index in [1.807, 2.05) is 6.92 Å². The summed E-state index contributed by atoms with van der Waals surface area (Å²) in [5, 5.41) is 6.86. The summed E-state index contributed by atoms with van der Waals surface area (Å²) in [6.07, 6.45) is 5.87. The van der Waals surface area contributed by atoms with Crippen LogP contribution in [0.2, 0.25) is 5.28 Å². The lowest BCUT2D eigenvalue weighted by molar-refractivity contribution is 0.656. The second-order valence-corrected chi connectivity index (χ2v) is 5.03. The largest absolute Gasteiger partial charge is 0.369 e. The second-order valence-electron chi connectivity index (χ2n) is 3.84. The molecule has 6 heteroatoms. The average molecular weight is 334 g/mol. The smallest absolute Gasteiger partial charge is 0.224 e. The van der Waals surface area contributed by atoms with Gasteiger partial charge in [-0.3, -0.25) is 0 Å². The summed E-state index contributed by atoms with van der Waals surface area (Å²) in [5.74, 6) is 0.682. The number of halogens is 2. The highest BCUT2D eigenvalue weighted by molar-refractivity contribution is 9.10. The summed E-state index contributed by atoms with van der Waals surface area (Å²) in [4.78, 5) is 8.02. The number of anilines is 1. The number of nitrogens with one attached hydrogen (secondary N) is 2. The first kappa shape index (κ1) is 15.2. The van der Waals surface area contributed by atoms with Crippen LogP contribution in [-0.4, -0.2) is 16.1 Å². The van der Waals surface area contributed by atoms with E-state index in [9.17, 15) is 0 Å². The first-order valence-corrected chi connectivity index (χ1v) is 7.14. The number of nitrogens with zero attached hydrogens (tertiary/aromatic N) is 2. The normalized spacial score (nSPS) is 13.3. The highest BCUT2D eigenvalue weighted by Crippen LogP contribution is 2.20. The van der Waals surface area contributed by atoms with Crippen LogP contribution in [0.5, 0.6) is 0 Å². The number of hydrogen-bond donors (Lipinski definition) is 2. The van der Waals surface area contributed by atoms with E-state index in [4.69, 9.17) is 11.6 Å². The third-order valence-electron chi connectivity index (χ3n) is 2.30. The molecule has 1 heterocycles. The summed E-state index contributed by atoms with van der Waals surface area (Å²) < 4.78 is 0.790. The molecule has 1 aromatic rings. The molecule has 0 saturated carbocycles. The molecule has 100 valence electrons. The zero-order chi connectivity index (χ0) is 13.5. The highest BCUT2D eigenvalue weighted by Gasteiger charge is 2.08. The predicted octanol–water partition coefficient (Wildman–Crippen LogP) is 3.94. The zero-order valence-electron chi connectivity index (χ0n) is 10.8. The molecule has 1 aromatic heterocycles. The van der Waals surface area contributed by atoms with Crippen molar-refractivity contribution in [1.82, 2.24) is 15.3 Å². The van der Waals surface area contributed by atoms with Gasteiger partial charge in [-0.25, -0.2) is 4.98 Å². The van der Waals surface area contributed by atoms with E-state index in [-0.39, 0.29) is 11.4 Å². The van der Waals surface area contributed by atoms with Crippen LogP contribution in [0.4, 0.5) is 5.82 Å². The minimum Gasteiger partial charge on any atom is -0.369 e. The van der Waals surface area contributed by atoms with Crippen LogP contribution in [0.15, 0.2) is 22.4 Å². The summed E-state index contributed by atoms with van der Waals surface area (Å²) in [5.41, 5.74) is 1.22. The van der Waals surface area contributed by atoms with Gasteiger partial charge in [-0.05, 0) is 47.3 Å². The van der Waals surface area contributed by atoms with Crippen molar-refractivity contribution in [3.8, 4) is 0 Å². The van der Waals surface area contributed by atoms with E-state index < -0.39 is 0 Å². The van der Waals surface area contributed by atoms with Gasteiger partial charge in [0.15, 0.2) is 0 Å². The van der Waals surface area contributed by atoms with E-state index in [1.165, 1.54) is 5.70 Å². The molecular formula is C12H18BrClN4. The van der Waals surface area contributed by atoms with Crippen molar-refractivity contribution >= 4 is 33.3 Å². The SMILES string of the molecule is CC/C=C(\CC)NC(C)Nc1nc(Cl)ncc1Br. The molecule has 0 saturated heterocycles. The first-order valence-electron chi connectivity index (χ1n) is 5.97. The summed E-state index contributed by atoms with van der Waals surface area (Å²) in [7, 11) is 0. The maximum atomic E-state index is 5.77. The van der Waals surface area contributed by atoms with Crippen LogP contribution in [0.25, 0.3) is 0 Å². The first-order chi connectivity index (χ1) is 8.56.